The molecular formula is C24H30N4O4S. The molecule has 1 aromatic carbocycles. The summed E-state index contributed by atoms with van der Waals surface area (Å²) in [6, 6.07) is 12.6. The fourth-order valence-corrected chi connectivity index (χ4v) is 5.69. The summed E-state index contributed by atoms with van der Waals surface area (Å²) in [7, 11) is -3.06. The summed E-state index contributed by atoms with van der Waals surface area (Å²) in [5.74, 6) is 0.0847. The Bertz CT molecular complexity index is 1080. The quantitative estimate of drug-likeness (QED) is 0.718. The van der Waals surface area contributed by atoms with E-state index in [1.807, 2.05) is 48.2 Å². The summed E-state index contributed by atoms with van der Waals surface area (Å²) in [5, 5.41) is 2.87. The number of sulfone groups is 1. The smallest absolute Gasteiger partial charge is 0.244 e. The predicted octanol–water partition coefficient (Wildman–Crippen LogP) is 2.04. The third-order valence-corrected chi connectivity index (χ3v) is 7.97. The highest BCUT2D eigenvalue weighted by Crippen LogP contribution is 2.28. The molecule has 2 unspecified atom stereocenters. The van der Waals surface area contributed by atoms with Gasteiger partial charge < -0.3 is 10.2 Å². The van der Waals surface area contributed by atoms with Gasteiger partial charge in [-0.3, -0.25) is 14.5 Å². The second kappa shape index (κ2) is 10.0. The number of nitrogens with zero attached hydrogens (tertiary/aromatic N) is 3. The molecular weight excluding hydrogens is 440 g/mol. The highest BCUT2D eigenvalue weighted by atomic mass is 32.2. The van der Waals surface area contributed by atoms with Crippen LogP contribution in [0.5, 0.6) is 0 Å². The Kier molecular flexibility index (Phi) is 7.09. The first kappa shape index (κ1) is 23.4. The summed E-state index contributed by atoms with van der Waals surface area (Å²) in [4.78, 5) is 34.5. The summed E-state index contributed by atoms with van der Waals surface area (Å²) >= 11 is 0. The van der Waals surface area contributed by atoms with Crippen LogP contribution in [0.3, 0.4) is 0 Å². The van der Waals surface area contributed by atoms with Crippen molar-refractivity contribution >= 4 is 27.5 Å². The first-order valence-electron chi connectivity index (χ1n) is 11.3. The fourth-order valence-electron chi connectivity index (χ4n) is 4.46. The van der Waals surface area contributed by atoms with Crippen LogP contribution in [0, 0.1) is 12.8 Å². The van der Waals surface area contributed by atoms with Gasteiger partial charge in [-0.1, -0.05) is 36.4 Å². The number of carbonyl (C=O) groups excluding carboxylic acids is 2. The van der Waals surface area contributed by atoms with Crippen molar-refractivity contribution in [1.82, 2.24) is 14.8 Å². The predicted molar refractivity (Wildman–Crippen MR) is 126 cm³/mol. The molecule has 0 bridgehead atoms. The molecule has 2 fully saturated rings. The lowest BCUT2D eigenvalue weighted by molar-refractivity contribution is -0.140. The van der Waals surface area contributed by atoms with E-state index in [0.717, 1.165) is 17.5 Å². The van der Waals surface area contributed by atoms with Crippen LogP contribution in [0.1, 0.15) is 30.0 Å². The van der Waals surface area contributed by atoms with Crippen molar-refractivity contribution in [2.75, 3.05) is 43.0 Å². The lowest BCUT2D eigenvalue weighted by Gasteiger charge is -2.39. The molecule has 2 atom stereocenters. The van der Waals surface area contributed by atoms with Gasteiger partial charge in [0.25, 0.3) is 0 Å². The molecule has 33 heavy (non-hydrogen) atoms. The maximum absolute atomic E-state index is 13.7. The Morgan fingerprint density at radius 2 is 1.79 bits per heavy atom. The average molecular weight is 471 g/mol. The molecule has 2 saturated heterocycles. The van der Waals surface area contributed by atoms with Crippen LogP contribution in [0.15, 0.2) is 48.7 Å². The Hall–Kier alpha value is -2.78. The zero-order valence-corrected chi connectivity index (χ0v) is 19.6. The second-order valence-corrected chi connectivity index (χ2v) is 11.1. The van der Waals surface area contributed by atoms with Crippen molar-refractivity contribution in [2.24, 2.45) is 5.92 Å². The molecule has 1 aromatic heterocycles. The van der Waals surface area contributed by atoms with Gasteiger partial charge >= 0.3 is 0 Å². The van der Waals surface area contributed by atoms with Gasteiger partial charge in [-0.25, -0.2) is 13.4 Å². The van der Waals surface area contributed by atoms with Crippen molar-refractivity contribution in [3.63, 3.8) is 0 Å². The number of amides is 2. The molecule has 0 aliphatic carbocycles. The van der Waals surface area contributed by atoms with Gasteiger partial charge in [0.15, 0.2) is 9.84 Å². The van der Waals surface area contributed by atoms with Crippen molar-refractivity contribution < 1.29 is 18.0 Å². The molecule has 4 rings (SSSR count). The number of likely N-dealkylation sites (tertiary alicyclic amines) is 1. The lowest BCUT2D eigenvalue weighted by Crippen LogP contribution is -2.51. The Balaban J connectivity index is 1.48. The van der Waals surface area contributed by atoms with E-state index in [1.165, 1.54) is 0 Å². The minimum atomic E-state index is -3.06. The van der Waals surface area contributed by atoms with Crippen molar-refractivity contribution in [1.29, 1.82) is 0 Å². The van der Waals surface area contributed by atoms with Gasteiger partial charge in [-0.2, -0.15) is 0 Å². The van der Waals surface area contributed by atoms with Crippen LogP contribution in [-0.4, -0.2) is 72.7 Å². The third-order valence-electron chi connectivity index (χ3n) is 6.36. The molecule has 0 radical (unpaired) electrons. The number of rotatable bonds is 5. The van der Waals surface area contributed by atoms with Gasteiger partial charge in [0, 0.05) is 32.4 Å². The number of aryl methyl sites for hydroxylation is 1. The zero-order valence-electron chi connectivity index (χ0n) is 18.8. The lowest BCUT2D eigenvalue weighted by atomic mass is 9.95. The topological polar surface area (TPSA) is 99.7 Å². The van der Waals surface area contributed by atoms with Crippen LogP contribution in [0.4, 0.5) is 5.82 Å². The van der Waals surface area contributed by atoms with Crippen LogP contribution in [0.25, 0.3) is 0 Å². The van der Waals surface area contributed by atoms with Crippen LogP contribution < -0.4 is 5.32 Å². The van der Waals surface area contributed by atoms with E-state index in [-0.39, 0.29) is 29.2 Å². The molecule has 0 spiro atoms. The van der Waals surface area contributed by atoms with E-state index in [4.69, 9.17) is 0 Å². The summed E-state index contributed by atoms with van der Waals surface area (Å²) < 4.78 is 23.9. The number of piperidine rings is 1. The Morgan fingerprint density at radius 3 is 2.45 bits per heavy atom. The van der Waals surface area contributed by atoms with Crippen LogP contribution in [0.2, 0.25) is 0 Å². The fraction of sp³-hybridized carbons (Fsp3) is 0.458. The SMILES string of the molecule is Cc1ccc(NC(=O)C2CCCN(C(=O)C(c3ccccc3)N3CCS(=O)(=O)CC3)C2)nc1. The minimum Gasteiger partial charge on any atom is -0.340 e. The normalized spacial score (nSPS) is 21.8. The highest BCUT2D eigenvalue weighted by molar-refractivity contribution is 7.91. The summed E-state index contributed by atoms with van der Waals surface area (Å²) in [6.45, 7) is 3.51. The van der Waals surface area contributed by atoms with E-state index in [0.29, 0.717) is 38.4 Å². The maximum atomic E-state index is 13.7. The zero-order chi connectivity index (χ0) is 23.4. The first-order valence-corrected chi connectivity index (χ1v) is 13.2. The van der Waals surface area contributed by atoms with Gasteiger partial charge in [0.1, 0.15) is 11.9 Å². The molecule has 9 heteroatoms. The maximum Gasteiger partial charge on any atom is 0.244 e. The van der Waals surface area contributed by atoms with E-state index in [2.05, 4.69) is 10.3 Å². The number of nitrogens with one attached hydrogen (secondary N) is 1. The number of carbonyl (C=O) groups is 2. The summed E-state index contributed by atoms with van der Waals surface area (Å²) in [5.41, 5.74) is 1.86. The van der Waals surface area contributed by atoms with E-state index in [1.54, 1.807) is 17.2 Å². The van der Waals surface area contributed by atoms with Crippen LogP contribution in [-0.2, 0) is 19.4 Å². The van der Waals surface area contributed by atoms with Gasteiger partial charge in [-0.05, 0) is 37.0 Å². The number of hydrogen-bond acceptors (Lipinski definition) is 6. The molecule has 176 valence electrons. The Morgan fingerprint density at radius 1 is 1.06 bits per heavy atom. The minimum absolute atomic E-state index is 0.0538. The average Bonchev–Trinajstić information content (AvgIpc) is 2.82. The molecule has 2 aliphatic heterocycles. The number of aromatic nitrogens is 1. The number of pyridine rings is 1. The van der Waals surface area contributed by atoms with Gasteiger partial charge in [-0.15, -0.1) is 0 Å². The molecule has 2 aromatic rings. The molecule has 2 aliphatic rings. The molecule has 3 heterocycles. The summed E-state index contributed by atoms with van der Waals surface area (Å²) in [6.07, 6.45) is 3.15. The first-order chi connectivity index (χ1) is 15.8. The van der Waals surface area contributed by atoms with E-state index < -0.39 is 15.9 Å². The molecule has 2 amide bonds. The molecule has 8 nitrogen and oxygen atoms in total. The Labute approximate surface area is 194 Å². The monoisotopic (exact) mass is 470 g/mol. The molecule has 0 saturated carbocycles. The van der Waals surface area contributed by atoms with Crippen molar-refractivity contribution in [3.8, 4) is 0 Å². The van der Waals surface area contributed by atoms with E-state index >= 15 is 0 Å². The van der Waals surface area contributed by atoms with Crippen molar-refractivity contribution in [3.05, 3.63) is 59.8 Å². The number of anilines is 1. The van der Waals surface area contributed by atoms with Crippen LogP contribution >= 0.6 is 0 Å². The van der Waals surface area contributed by atoms with Gasteiger partial charge in [0.2, 0.25) is 11.8 Å². The number of hydrogen-bond donors (Lipinski definition) is 1. The second-order valence-electron chi connectivity index (χ2n) is 8.83. The largest absolute Gasteiger partial charge is 0.340 e. The van der Waals surface area contributed by atoms with Gasteiger partial charge in [0.05, 0.1) is 17.4 Å². The van der Waals surface area contributed by atoms with Crippen molar-refractivity contribution in [2.45, 2.75) is 25.8 Å². The number of benzene rings is 1. The standard InChI is InChI=1S/C24H30N4O4S/c1-18-9-10-21(25-16-18)26-23(29)20-8-5-11-28(17-20)24(30)22(19-6-3-2-4-7-19)27-12-14-33(31,32)15-13-27/h2-4,6-7,9-10,16,20,22H,5,8,11-15,17H2,1H3,(H,25,26,29). The highest BCUT2D eigenvalue weighted by Gasteiger charge is 2.37. The molecule has 1 N–H and O–H groups in total. The van der Waals surface area contributed by atoms with E-state index in [9.17, 15) is 18.0 Å². The third kappa shape index (κ3) is 5.78.